The lowest BCUT2D eigenvalue weighted by Gasteiger charge is -2.51. The lowest BCUT2D eigenvalue weighted by Crippen LogP contribution is -2.49. The number of phenolic OH excluding ortho intramolecular Hbond substituents is 1. The van der Waals surface area contributed by atoms with Gasteiger partial charge in [-0.1, -0.05) is 46.8 Å². The van der Waals surface area contributed by atoms with Crippen LogP contribution in [0.4, 0.5) is 0 Å². The number of fused-ring (bicyclic) bond motifs is 10. The summed E-state index contributed by atoms with van der Waals surface area (Å²) in [5.41, 5.74) is 7.03. The van der Waals surface area contributed by atoms with Crippen molar-refractivity contribution in [1.29, 1.82) is 0 Å². The number of nitrogens with one attached hydrogen (secondary N) is 2. The molecule has 0 aliphatic heterocycles. The number of benzene rings is 2. The molecule has 2 aromatic rings. The molecule has 0 saturated heterocycles. The highest BCUT2D eigenvalue weighted by atomic mass is 28.4. The largest absolute Gasteiger partial charge is 0.543 e. The summed E-state index contributed by atoms with van der Waals surface area (Å²) in [7, 11) is 1.79. The summed E-state index contributed by atoms with van der Waals surface area (Å²) in [5.74, 6) is 6.39. The Balaban J connectivity index is 0.000000174. The fraction of sp³-hybridized carbons (Fsp3) is 0.750. The quantitative estimate of drug-likeness (QED) is 0.165. The van der Waals surface area contributed by atoms with Gasteiger partial charge in [-0.3, -0.25) is 0 Å². The molecule has 4 saturated carbocycles. The molecule has 6 unspecified atom stereocenters. The number of methoxy groups -OCH3 is 2. The van der Waals surface area contributed by atoms with Gasteiger partial charge in [0.1, 0.15) is 11.5 Å². The zero-order valence-electron chi connectivity index (χ0n) is 36.1. The third-order valence-electron chi connectivity index (χ3n) is 17.0. The Kier molecular flexibility index (Phi) is 12.3. The summed E-state index contributed by atoms with van der Waals surface area (Å²) in [6.07, 6.45) is 15.7. The molecular weight excluding hydrogens is 697 g/mol. The monoisotopic (exact) mass is 773 g/mol. The fourth-order valence-corrected chi connectivity index (χ4v) is 14.0. The van der Waals surface area contributed by atoms with E-state index < -0.39 is 8.32 Å². The molecule has 0 radical (unpaired) electrons. The Morgan fingerprint density at radius 1 is 0.691 bits per heavy atom. The van der Waals surface area contributed by atoms with Crippen LogP contribution in [0, 0.1) is 34.5 Å². The average molecular weight is 773 g/mol. The number of phenols is 1. The van der Waals surface area contributed by atoms with Crippen LogP contribution in [0.5, 0.6) is 11.5 Å². The normalized spacial score (nSPS) is 34.9. The molecule has 2 aromatic carbocycles. The lowest BCUT2D eigenvalue weighted by atomic mass is 9.55. The zero-order chi connectivity index (χ0) is 39.2. The fourth-order valence-electron chi connectivity index (χ4n) is 13.0. The van der Waals surface area contributed by atoms with Gasteiger partial charge in [0, 0.05) is 39.4 Å². The van der Waals surface area contributed by atoms with Gasteiger partial charge in [0.05, 0.1) is 13.2 Å². The summed E-state index contributed by atoms with van der Waals surface area (Å²) in [6.45, 7) is 20.4. The van der Waals surface area contributed by atoms with E-state index in [2.05, 4.69) is 82.6 Å². The van der Waals surface area contributed by atoms with E-state index >= 15 is 0 Å². The van der Waals surface area contributed by atoms with E-state index in [0.717, 1.165) is 68.1 Å². The average Bonchev–Trinajstić information content (AvgIpc) is 3.67. The van der Waals surface area contributed by atoms with Crippen molar-refractivity contribution in [2.75, 3.05) is 40.5 Å². The predicted molar refractivity (Wildman–Crippen MR) is 229 cm³/mol. The van der Waals surface area contributed by atoms with Crippen LogP contribution in [-0.2, 0) is 22.3 Å². The molecule has 6 aliphatic carbocycles. The molecule has 0 amide bonds. The molecule has 6 nitrogen and oxygen atoms in total. The second-order valence-corrected chi connectivity index (χ2v) is 25.4. The standard InChI is InChI=1S/C27H45NO2Si.C21H31NO2/c1-26(2,3)31(6,7)30-20-9-11-21-19(18-20)8-10-23-22(21)14-15-27(4)24(23)12-13-25(27)28-16-17-29-5;1-21-10-9-17-16-6-4-15(23)13-14(16)3-5-18(17)19(21)7-8-20(21)22-11-12-24-2/h9,11,18,22-25,28H,8,10,12-17H2,1-7H3;4,6,13,17-20,22-23H,3,5,7-12H2,1-2H3/t22?,23?,24?,25-,27-;17?,18?,19?,20-,21-/m00/s1. The van der Waals surface area contributed by atoms with Crippen LogP contribution in [0.1, 0.15) is 133 Å². The summed E-state index contributed by atoms with van der Waals surface area (Å²) in [5, 5.41) is 17.7. The van der Waals surface area contributed by atoms with Crippen molar-refractivity contribution < 1.29 is 19.0 Å². The van der Waals surface area contributed by atoms with Crippen LogP contribution in [-0.4, -0.2) is 66.0 Å². The van der Waals surface area contributed by atoms with Crippen molar-refractivity contribution in [2.45, 2.75) is 154 Å². The first-order valence-corrected chi connectivity index (χ1v) is 25.2. The topological polar surface area (TPSA) is 72.0 Å². The third-order valence-corrected chi connectivity index (χ3v) is 21.3. The van der Waals surface area contributed by atoms with E-state index in [1.807, 2.05) is 12.1 Å². The molecule has 7 heteroatoms. The lowest BCUT2D eigenvalue weighted by molar-refractivity contribution is 0.0395. The van der Waals surface area contributed by atoms with Gasteiger partial charge in [0.25, 0.3) is 0 Å². The van der Waals surface area contributed by atoms with Gasteiger partial charge in [-0.2, -0.15) is 0 Å². The minimum absolute atomic E-state index is 0.234. The summed E-state index contributed by atoms with van der Waals surface area (Å²) in [4.78, 5) is 0. The molecule has 55 heavy (non-hydrogen) atoms. The Labute approximate surface area is 335 Å². The van der Waals surface area contributed by atoms with Crippen LogP contribution in [0.25, 0.3) is 0 Å². The summed E-state index contributed by atoms with van der Waals surface area (Å²) < 4.78 is 17.1. The molecule has 8 rings (SSSR count). The first-order chi connectivity index (χ1) is 26.2. The number of hydrogen-bond acceptors (Lipinski definition) is 6. The van der Waals surface area contributed by atoms with E-state index in [0.29, 0.717) is 34.6 Å². The van der Waals surface area contributed by atoms with Gasteiger partial charge in [-0.15, -0.1) is 0 Å². The Morgan fingerprint density at radius 3 is 1.67 bits per heavy atom. The highest BCUT2D eigenvalue weighted by Gasteiger charge is 2.56. The number of rotatable bonds is 10. The molecular formula is C48H76N2O4Si. The van der Waals surface area contributed by atoms with E-state index in [1.165, 1.54) is 81.8 Å². The minimum atomic E-state index is -1.79. The van der Waals surface area contributed by atoms with Crippen molar-refractivity contribution in [3.63, 3.8) is 0 Å². The first-order valence-electron chi connectivity index (χ1n) is 22.3. The summed E-state index contributed by atoms with van der Waals surface area (Å²) in [6, 6.07) is 14.5. The second-order valence-electron chi connectivity index (χ2n) is 20.7. The number of ether oxygens (including phenoxy) is 2. The van der Waals surface area contributed by atoms with Gasteiger partial charge >= 0.3 is 0 Å². The van der Waals surface area contributed by atoms with Crippen LogP contribution in [0.3, 0.4) is 0 Å². The van der Waals surface area contributed by atoms with Crippen molar-refractivity contribution in [1.82, 2.24) is 10.6 Å². The van der Waals surface area contributed by atoms with Gasteiger partial charge < -0.3 is 29.6 Å². The summed E-state index contributed by atoms with van der Waals surface area (Å²) >= 11 is 0. The van der Waals surface area contributed by atoms with E-state index in [-0.39, 0.29) is 5.04 Å². The molecule has 0 spiro atoms. The third kappa shape index (κ3) is 7.97. The van der Waals surface area contributed by atoms with Crippen molar-refractivity contribution in [3.8, 4) is 11.5 Å². The molecule has 306 valence electrons. The highest BCUT2D eigenvalue weighted by Crippen LogP contribution is 2.62. The van der Waals surface area contributed by atoms with Crippen molar-refractivity contribution in [3.05, 3.63) is 58.7 Å². The molecule has 3 N–H and O–H groups in total. The van der Waals surface area contributed by atoms with Gasteiger partial charge in [0.15, 0.2) is 0 Å². The van der Waals surface area contributed by atoms with E-state index in [9.17, 15) is 5.11 Å². The SMILES string of the molecule is COCCN[C@H]1CCC2C3CCc4cc(O)ccc4C3CC[C@@]21C.COCCN[C@H]1CCC2C3CCc4cc(O[Si](C)(C)C(C)(C)C)ccc4C3CC[C@@]21C. The molecule has 0 bridgehead atoms. The molecule has 6 aliphatic rings. The van der Waals surface area contributed by atoms with Crippen LogP contribution < -0.4 is 15.1 Å². The smallest absolute Gasteiger partial charge is 0.250 e. The maximum atomic E-state index is 9.79. The Hall–Kier alpha value is -1.90. The molecule has 4 fully saturated rings. The first kappa shape index (κ1) is 41.3. The van der Waals surface area contributed by atoms with E-state index in [4.69, 9.17) is 13.9 Å². The Bertz CT molecular complexity index is 1620. The maximum absolute atomic E-state index is 9.79. The van der Waals surface area contributed by atoms with Crippen molar-refractivity contribution >= 4 is 8.32 Å². The van der Waals surface area contributed by atoms with Crippen molar-refractivity contribution in [2.24, 2.45) is 34.5 Å². The second kappa shape index (κ2) is 16.4. The molecule has 0 aromatic heterocycles. The predicted octanol–water partition coefficient (Wildman–Crippen LogP) is 10.4. The number of aryl methyl sites for hydroxylation is 2. The van der Waals surface area contributed by atoms with Gasteiger partial charge in [-0.25, -0.2) is 0 Å². The number of aromatic hydroxyl groups is 1. The Morgan fingerprint density at radius 2 is 1.18 bits per heavy atom. The molecule has 0 heterocycles. The maximum Gasteiger partial charge on any atom is 0.250 e. The highest BCUT2D eigenvalue weighted by molar-refractivity contribution is 6.74. The zero-order valence-corrected chi connectivity index (χ0v) is 37.1. The number of hydrogen-bond donors (Lipinski definition) is 3. The minimum Gasteiger partial charge on any atom is -0.543 e. The van der Waals surface area contributed by atoms with E-state index in [1.54, 1.807) is 25.3 Å². The van der Waals surface area contributed by atoms with Crippen LogP contribution in [0.2, 0.25) is 18.1 Å². The van der Waals surface area contributed by atoms with Crippen LogP contribution >= 0.6 is 0 Å². The van der Waals surface area contributed by atoms with Crippen LogP contribution in [0.15, 0.2) is 36.4 Å². The van der Waals surface area contributed by atoms with Gasteiger partial charge in [-0.05, 0) is 188 Å². The molecule has 10 atom stereocenters. The van der Waals surface area contributed by atoms with Gasteiger partial charge in [0.2, 0.25) is 8.32 Å².